The van der Waals surface area contributed by atoms with Crippen molar-refractivity contribution < 1.29 is 14.5 Å². The normalized spacial score (nSPS) is 16.0. The Bertz CT molecular complexity index is 1210. The number of anilines is 2. The van der Waals surface area contributed by atoms with Crippen LogP contribution in [0, 0.1) is 17.0 Å². The summed E-state index contributed by atoms with van der Waals surface area (Å²) in [5, 5.41) is 22.7. The number of nitro benzene ring substituents is 1. The third kappa shape index (κ3) is 4.86. The molecule has 162 valence electrons. The molecule has 1 atom stereocenters. The van der Waals surface area contributed by atoms with Crippen molar-refractivity contribution in [3.8, 4) is 0 Å². The molecule has 2 aromatic carbocycles. The summed E-state index contributed by atoms with van der Waals surface area (Å²) in [7, 11) is 0. The molecule has 3 aromatic rings. The molecule has 32 heavy (non-hydrogen) atoms. The maximum atomic E-state index is 12.5. The zero-order valence-electron chi connectivity index (χ0n) is 17.1. The summed E-state index contributed by atoms with van der Waals surface area (Å²) in [4.78, 5) is 36.8. The molecule has 9 nitrogen and oxygen atoms in total. The lowest BCUT2D eigenvalue weighted by Gasteiger charge is -2.16. The highest BCUT2D eigenvalue weighted by Gasteiger charge is 2.33. The Balaban J connectivity index is 1.38. The van der Waals surface area contributed by atoms with Gasteiger partial charge in [-0.1, -0.05) is 41.2 Å². The second kappa shape index (κ2) is 9.06. The number of non-ortho nitro benzene ring substituents is 1. The second-order valence-corrected chi connectivity index (χ2v) is 8.37. The summed E-state index contributed by atoms with van der Waals surface area (Å²) in [5.74, 6) is -0.491. The van der Waals surface area contributed by atoms with E-state index in [0.717, 1.165) is 11.3 Å². The highest BCUT2D eigenvalue weighted by molar-refractivity contribution is 7.15. The number of aromatic nitrogens is 2. The average molecular weight is 449 g/mol. The first-order valence-corrected chi connectivity index (χ1v) is 10.6. The van der Waals surface area contributed by atoms with Gasteiger partial charge in [-0.3, -0.25) is 25.0 Å². The molecule has 2 amide bonds. The number of nitrogens with one attached hydrogen (secondary N) is 1. The summed E-state index contributed by atoms with van der Waals surface area (Å²) in [6, 6.07) is 13.8. The molecular formula is C22H19N5O4S. The van der Waals surface area contributed by atoms with Crippen molar-refractivity contribution in [2.45, 2.75) is 19.3 Å². The minimum Gasteiger partial charge on any atom is -0.312 e. The van der Waals surface area contributed by atoms with Crippen LogP contribution in [0.4, 0.5) is 16.5 Å². The van der Waals surface area contributed by atoms with Crippen molar-refractivity contribution in [2.75, 3.05) is 16.8 Å². The molecule has 1 N–H and O–H groups in total. The van der Waals surface area contributed by atoms with Gasteiger partial charge in [0.2, 0.25) is 16.9 Å². The predicted octanol–water partition coefficient (Wildman–Crippen LogP) is 3.93. The van der Waals surface area contributed by atoms with Crippen LogP contribution in [0.2, 0.25) is 0 Å². The van der Waals surface area contributed by atoms with Gasteiger partial charge in [-0.25, -0.2) is 0 Å². The quantitative estimate of drug-likeness (QED) is 0.346. The maximum absolute atomic E-state index is 12.5. The number of carbonyl (C=O) groups is 2. The molecule has 1 unspecified atom stereocenters. The summed E-state index contributed by atoms with van der Waals surface area (Å²) < 4.78 is 0. The number of aryl methyl sites for hydroxylation is 1. The smallest absolute Gasteiger partial charge is 0.270 e. The van der Waals surface area contributed by atoms with Crippen molar-refractivity contribution in [3.63, 3.8) is 0 Å². The molecule has 10 heteroatoms. The fraction of sp³-hybridized carbons (Fsp3) is 0.182. The minimum absolute atomic E-state index is 0.0273. The highest BCUT2D eigenvalue weighted by atomic mass is 32.1. The summed E-state index contributed by atoms with van der Waals surface area (Å²) >= 11 is 1.23. The van der Waals surface area contributed by atoms with E-state index in [-0.39, 0.29) is 17.5 Å². The number of rotatable bonds is 6. The molecule has 0 bridgehead atoms. The fourth-order valence-corrected chi connectivity index (χ4v) is 4.20. The first-order chi connectivity index (χ1) is 15.4. The second-order valence-electron chi connectivity index (χ2n) is 7.36. The largest absolute Gasteiger partial charge is 0.312 e. The molecule has 2 heterocycles. The van der Waals surface area contributed by atoms with Crippen molar-refractivity contribution in [2.24, 2.45) is 0 Å². The minimum atomic E-state index is -0.492. The molecule has 0 aliphatic carbocycles. The van der Waals surface area contributed by atoms with Crippen molar-refractivity contribution >= 4 is 45.7 Å². The maximum Gasteiger partial charge on any atom is 0.270 e. The topological polar surface area (TPSA) is 118 Å². The van der Waals surface area contributed by atoms with E-state index in [1.807, 2.05) is 31.2 Å². The molecular weight excluding hydrogens is 430 g/mol. The van der Waals surface area contributed by atoms with Crippen LogP contribution in [0.1, 0.15) is 28.5 Å². The molecule has 1 aromatic heterocycles. The van der Waals surface area contributed by atoms with Crippen LogP contribution in [0.25, 0.3) is 6.08 Å². The van der Waals surface area contributed by atoms with E-state index in [9.17, 15) is 19.7 Å². The van der Waals surface area contributed by atoms with Crippen LogP contribution >= 0.6 is 11.3 Å². The van der Waals surface area contributed by atoms with Gasteiger partial charge in [-0.2, -0.15) is 0 Å². The number of nitro groups is 1. The summed E-state index contributed by atoms with van der Waals surface area (Å²) in [6.45, 7) is 2.51. The molecule has 1 saturated heterocycles. The molecule has 4 rings (SSSR count). The van der Waals surface area contributed by atoms with E-state index in [1.54, 1.807) is 17.0 Å². The van der Waals surface area contributed by atoms with Gasteiger partial charge in [0.05, 0.1) is 4.92 Å². The van der Waals surface area contributed by atoms with Crippen LogP contribution in [0.5, 0.6) is 0 Å². The van der Waals surface area contributed by atoms with Crippen molar-refractivity contribution in [3.05, 3.63) is 80.9 Å². The van der Waals surface area contributed by atoms with E-state index in [4.69, 9.17) is 0 Å². The van der Waals surface area contributed by atoms with E-state index >= 15 is 0 Å². The van der Waals surface area contributed by atoms with Crippen LogP contribution in [0.3, 0.4) is 0 Å². The SMILES string of the molecule is Cc1ccc(N2CC(c3nnc(NC(=O)/C=C/c4cccc([N+](=O)[O-])c4)s3)CC2=O)cc1. The Kier molecular flexibility index (Phi) is 6.04. The van der Waals surface area contributed by atoms with Gasteiger partial charge in [0.15, 0.2) is 0 Å². The third-order valence-electron chi connectivity index (χ3n) is 5.00. The summed E-state index contributed by atoms with van der Waals surface area (Å²) in [6.07, 6.45) is 3.10. The van der Waals surface area contributed by atoms with Gasteiger partial charge in [0, 0.05) is 42.8 Å². The Morgan fingerprint density at radius 2 is 2.03 bits per heavy atom. The highest BCUT2D eigenvalue weighted by Crippen LogP contribution is 2.34. The van der Waals surface area contributed by atoms with Crippen LogP contribution in [-0.2, 0) is 9.59 Å². The Labute approximate surface area is 187 Å². The summed E-state index contributed by atoms with van der Waals surface area (Å²) in [5.41, 5.74) is 2.47. The standard InChI is InChI=1S/C22H19N5O4S/c1-14-5-8-17(9-6-14)26-13-16(12-20(26)29)21-24-25-22(32-21)23-19(28)10-7-15-3-2-4-18(11-15)27(30)31/h2-11,16H,12-13H2,1H3,(H,23,25,28)/b10-7+. The molecule has 1 aliphatic heterocycles. The lowest BCUT2D eigenvalue weighted by Crippen LogP contribution is -2.24. The molecule has 1 fully saturated rings. The monoisotopic (exact) mass is 449 g/mol. The van der Waals surface area contributed by atoms with Crippen LogP contribution in [-0.4, -0.2) is 33.5 Å². The van der Waals surface area contributed by atoms with Gasteiger partial charge in [0.25, 0.3) is 5.69 Å². The van der Waals surface area contributed by atoms with Crippen molar-refractivity contribution in [1.29, 1.82) is 0 Å². The zero-order valence-corrected chi connectivity index (χ0v) is 17.9. The first kappa shape index (κ1) is 21.3. The Morgan fingerprint density at radius 3 is 2.78 bits per heavy atom. The fourth-order valence-electron chi connectivity index (χ4n) is 3.36. The van der Waals surface area contributed by atoms with Gasteiger partial charge in [-0.15, -0.1) is 10.2 Å². The molecule has 1 aliphatic rings. The van der Waals surface area contributed by atoms with E-state index in [0.29, 0.717) is 28.7 Å². The number of nitrogens with zero attached hydrogens (tertiary/aromatic N) is 4. The number of benzene rings is 2. The average Bonchev–Trinajstić information content (AvgIpc) is 3.39. The zero-order chi connectivity index (χ0) is 22.7. The Hall–Kier alpha value is -3.92. The van der Waals surface area contributed by atoms with E-state index in [1.165, 1.54) is 35.6 Å². The van der Waals surface area contributed by atoms with Gasteiger partial charge >= 0.3 is 0 Å². The number of hydrogen-bond donors (Lipinski definition) is 1. The van der Waals surface area contributed by atoms with Crippen LogP contribution < -0.4 is 10.2 Å². The first-order valence-electron chi connectivity index (χ1n) is 9.83. The molecule has 0 spiro atoms. The predicted molar refractivity (Wildman–Crippen MR) is 122 cm³/mol. The van der Waals surface area contributed by atoms with Gasteiger partial charge < -0.3 is 4.90 Å². The number of hydrogen-bond acceptors (Lipinski definition) is 7. The van der Waals surface area contributed by atoms with Crippen molar-refractivity contribution in [1.82, 2.24) is 10.2 Å². The number of carbonyl (C=O) groups excluding carboxylic acids is 2. The number of amides is 2. The van der Waals surface area contributed by atoms with Gasteiger partial charge in [-0.05, 0) is 30.7 Å². The van der Waals surface area contributed by atoms with E-state index in [2.05, 4.69) is 15.5 Å². The third-order valence-corrected chi connectivity index (χ3v) is 6.00. The lowest BCUT2D eigenvalue weighted by molar-refractivity contribution is -0.384. The Morgan fingerprint density at radius 1 is 1.25 bits per heavy atom. The van der Waals surface area contributed by atoms with Crippen LogP contribution in [0.15, 0.2) is 54.6 Å². The lowest BCUT2D eigenvalue weighted by atomic mass is 10.1. The van der Waals surface area contributed by atoms with E-state index < -0.39 is 10.8 Å². The molecule has 0 radical (unpaired) electrons. The molecule has 0 saturated carbocycles. The van der Waals surface area contributed by atoms with Gasteiger partial charge in [0.1, 0.15) is 5.01 Å².